The van der Waals surface area contributed by atoms with Gasteiger partial charge in [-0.25, -0.2) is 4.98 Å². The van der Waals surface area contributed by atoms with Crippen LogP contribution in [0.2, 0.25) is 10.0 Å². The average molecular weight is 430 g/mol. The highest BCUT2D eigenvalue weighted by Crippen LogP contribution is 2.41. The number of halogens is 2. The summed E-state index contributed by atoms with van der Waals surface area (Å²) in [5.41, 5.74) is 0.943. The van der Waals surface area contributed by atoms with E-state index in [9.17, 15) is 0 Å². The van der Waals surface area contributed by atoms with Crippen LogP contribution in [0.1, 0.15) is 0 Å². The van der Waals surface area contributed by atoms with Crippen LogP contribution >= 0.6 is 46.7 Å². The topological polar surface area (TPSA) is 26.0 Å². The molecule has 4 rings (SSSR count). The van der Waals surface area contributed by atoms with E-state index in [1.165, 1.54) is 11.8 Å². The lowest BCUT2D eigenvalue weighted by Crippen LogP contribution is -1.79. The lowest BCUT2D eigenvalue weighted by atomic mass is 10.2. The van der Waals surface area contributed by atoms with Crippen molar-refractivity contribution in [1.29, 1.82) is 0 Å². The molecule has 0 aliphatic carbocycles. The molecule has 0 spiro atoms. The number of aromatic nitrogens is 1. The van der Waals surface area contributed by atoms with Crippen molar-refractivity contribution in [3.63, 3.8) is 0 Å². The molecule has 0 aliphatic rings. The fraction of sp³-hybridized carbons (Fsp3) is 0. The predicted octanol–water partition coefficient (Wildman–Crippen LogP) is 7.95. The molecule has 0 aliphatic heterocycles. The van der Waals surface area contributed by atoms with Gasteiger partial charge in [0.2, 0.25) is 5.89 Å². The van der Waals surface area contributed by atoms with Crippen LogP contribution in [0.3, 0.4) is 0 Å². The number of benzene rings is 3. The van der Waals surface area contributed by atoms with Gasteiger partial charge in [0.05, 0.1) is 0 Å². The Morgan fingerprint density at radius 2 is 1.22 bits per heavy atom. The van der Waals surface area contributed by atoms with Crippen LogP contribution in [0.15, 0.2) is 103 Å². The highest BCUT2D eigenvalue weighted by atomic mass is 35.5. The molecule has 6 heteroatoms. The summed E-state index contributed by atoms with van der Waals surface area (Å²) in [4.78, 5) is 6.81. The summed E-state index contributed by atoms with van der Waals surface area (Å²) in [6.45, 7) is 0. The zero-order chi connectivity index (χ0) is 18.6. The van der Waals surface area contributed by atoms with Crippen LogP contribution in [-0.4, -0.2) is 4.98 Å². The molecule has 27 heavy (non-hydrogen) atoms. The minimum atomic E-state index is 0.600. The molecule has 0 saturated carbocycles. The molecular formula is C21H13Cl2NOS2. The van der Waals surface area contributed by atoms with Crippen LogP contribution in [-0.2, 0) is 0 Å². The highest BCUT2D eigenvalue weighted by Gasteiger charge is 2.17. The highest BCUT2D eigenvalue weighted by molar-refractivity contribution is 8.02. The summed E-state index contributed by atoms with van der Waals surface area (Å²) in [6, 6.07) is 25.2. The molecule has 3 aromatic carbocycles. The second-order valence-corrected chi connectivity index (χ2v) is 8.57. The Kier molecular flexibility index (Phi) is 5.79. The van der Waals surface area contributed by atoms with Crippen molar-refractivity contribution in [2.45, 2.75) is 19.9 Å². The molecule has 0 unspecified atom stereocenters. The van der Waals surface area contributed by atoms with Crippen molar-refractivity contribution in [3.05, 3.63) is 88.9 Å². The molecule has 1 aromatic heterocycles. The summed E-state index contributed by atoms with van der Waals surface area (Å²) in [7, 11) is 0. The summed E-state index contributed by atoms with van der Waals surface area (Å²) >= 11 is 15.1. The first kappa shape index (κ1) is 18.5. The largest absolute Gasteiger partial charge is 0.428 e. The fourth-order valence-corrected chi connectivity index (χ4v) is 4.34. The Bertz CT molecular complexity index is 967. The molecule has 2 nitrogen and oxygen atoms in total. The molecule has 134 valence electrons. The quantitative estimate of drug-likeness (QED) is 0.321. The van der Waals surface area contributed by atoms with Gasteiger partial charge >= 0.3 is 0 Å². The zero-order valence-electron chi connectivity index (χ0n) is 13.9. The van der Waals surface area contributed by atoms with E-state index in [-0.39, 0.29) is 0 Å². The second kappa shape index (κ2) is 8.44. The molecule has 0 radical (unpaired) electrons. The van der Waals surface area contributed by atoms with E-state index in [0.29, 0.717) is 15.9 Å². The van der Waals surface area contributed by atoms with Gasteiger partial charge in [-0.2, -0.15) is 0 Å². The third kappa shape index (κ3) is 4.71. The van der Waals surface area contributed by atoms with Crippen molar-refractivity contribution < 1.29 is 4.42 Å². The maximum absolute atomic E-state index is 6.10. The van der Waals surface area contributed by atoms with Gasteiger partial charge < -0.3 is 4.42 Å². The van der Waals surface area contributed by atoms with Crippen molar-refractivity contribution in [2.75, 3.05) is 0 Å². The molecule has 0 bridgehead atoms. The zero-order valence-corrected chi connectivity index (χ0v) is 17.1. The van der Waals surface area contributed by atoms with Crippen LogP contribution in [0.5, 0.6) is 0 Å². The number of oxazole rings is 1. The van der Waals surface area contributed by atoms with Gasteiger partial charge in [0.1, 0.15) is 0 Å². The monoisotopic (exact) mass is 429 g/mol. The van der Waals surface area contributed by atoms with E-state index in [0.717, 1.165) is 25.5 Å². The summed E-state index contributed by atoms with van der Waals surface area (Å²) in [5.74, 6) is 0.600. The lowest BCUT2D eigenvalue weighted by Gasteiger charge is -2.02. The van der Waals surface area contributed by atoms with Crippen LogP contribution < -0.4 is 0 Å². The Hall–Kier alpha value is -1.85. The fourth-order valence-electron chi connectivity index (χ4n) is 2.35. The molecule has 0 amide bonds. The van der Waals surface area contributed by atoms with Crippen molar-refractivity contribution in [2.24, 2.45) is 0 Å². The Labute approximate surface area is 175 Å². The summed E-state index contributed by atoms with van der Waals surface area (Å²) in [5, 5.41) is 2.98. The maximum atomic E-state index is 6.10. The Morgan fingerprint density at radius 1 is 0.667 bits per heavy atom. The van der Waals surface area contributed by atoms with Gasteiger partial charge in [-0.05, 0) is 72.4 Å². The third-order valence-electron chi connectivity index (χ3n) is 3.64. The van der Waals surface area contributed by atoms with Crippen LogP contribution in [0, 0.1) is 0 Å². The first-order valence-electron chi connectivity index (χ1n) is 8.10. The number of nitrogens with zero attached hydrogens (tertiary/aromatic N) is 1. The van der Waals surface area contributed by atoms with Gasteiger partial charge in [0, 0.05) is 25.4 Å². The molecule has 0 saturated heterocycles. The van der Waals surface area contributed by atoms with E-state index in [1.54, 1.807) is 11.8 Å². The normalized spacial score (nSPS) is 10.9. The van der Waals surface area contributed by atoms with Crippen molar-refractivity contribution in [1.82, 2.24) is 4.98 Å². The first-order chi connectivity index (χ1) is 13.2. The van der Waals surface area contributed by atoms with Crippen LogP contribution in [0.25, 0.3) is 11.5 Å². The van der Waals surface area contributed by atoms with Gasteiger partial charge in [0.15, 0.2) is 10.1 Å². The SMILES string of the molecule is Clc1ccc(Sc2nc(-c3ccccc3)oc2Sc2ccc(Cl)cc2)cc1. The van der Waals surface area contributed by atoms with Gasteiger partial charge in [-0.15, -0.1) is 0 Å². The van der Waals surface area contributed by atoms with Crippen LogP contribution in [0.4, 0.5) is 0 Å². The molecule has 0 fully saturated rings. The van der Waals surface area contributed by atoms with Gasteiger partial charge in [-0.3, -0.25) is 0 Å². The minimum absolute atomic E-state index is 0.600. The molecule has 0 atom stereocenters. The van der Waals surface area contributed by atoms with Crippen molar-refractivity contribution >= 4 is 46.7 Å². The molecular weight excluding hydrogens is 417 g/mol. The number of hydrogen-bond acceptors (Lipinski definition) is 4. The lowest BCUT2D eigenvalue weighted by molar-refractivity contribution is 0.474. The van der Waals surface area contributed by atoms with E-state index in [2.05, 4.69) is 0 Å². The Balaban J connectivity index is 1.69. The standard InChI is InChI=1S/C21H13Cl2NOS2/c22-15-6-10-17(11-7-15)26-20-21(27-18-12-8-16(23)9-13-18)25-19(24-20)14-4-2-1-3-5-14/h1-13H. The number of hydrogen-bond donors (Lipinski definition) is 0. The first-order valence-corrected chi connectivity index (χ1v) is 10.5. The number of rotatable bonds is 5. The smallest absolute Gasteiger partial charge is 0.228 e. The average Bonchev–Trinajstić information content (AvgIpc) is 3.08. The van der Waals surface area contributed by atoms with E-state index < -0.39 is 0 Å². The summed E-state index contributed by atoms with van der Waals surface area (Å²) in [6.07, 6.45) is 0. The van der Waals surface area contributed by atoms with Gasteiger partial charge in [0.25, 0.3) is 0 Å². The van der Waals surface area contributed by atoms with Gasteiger partial charge in [-0.1, -0.05) is 53.2 Å². The van der Waals surface area contributed by atoms with Crippen molar-refractivity contribution in [3.8, 4) is 11.5 Å². The molecule has 1 heterocycles. The maximum Gasteiger partial charge on any atom is 0.228 e. The van der Waals surface area contributed by atoms with E-state index in [4.69, 9.17) is 32.6 Å². The molecule has 4 aromatic rings. The predicted molar refractivity (Wildman–Crippen MR) is 113 cm³/mol. The molecule has 0 N–H and O–H groups in total. The third-order valence-corrected chi connectivity index (χ3v) is 6.22. The summed E-state index contributed by atoms with van der Waals surface area (Å²) < 4.78 is 6.10. The second-order valence-electron chi connectivity index (χ2n) is 5.59. The van der Waals surface area contributed by atoms with E-state index >= 15 is 0 Å². The minimum Gasteiger partial charge on any atom is -0.428 e. The van der Waals surface area contributed by atoms with E-state index in [1.807, 2.05) is 78.9 Å². The Morgan fingerprint density at radius 3 is 1.81 bits per heavy atom.